The van der Waals surface area contributed by atoms with E-state index in [9.17, 15) is 14.4 Å². The SMILES string of the molecule is O=P(O)(O)CCC(Br)c1ncn(C(c2ccccc2)(c2ccccc2)c2ccccc2)n1. The lowest BCUT2D eigenvalue weighted by atomic mass is 9.77. The van der Waals surface area contributed by atoms with E-state index in [0.29, 0.717) is 5.82 Å². The van der Waals surface area contributed by atoms with Crippen molar-refractivity contribution in [2.45, 2.75) is 16.8 Å². The summed E-state index contributed by atoms with van der Waals surface area (Å²) in [5.74, 6) is 0.477. The zero-order valence-electron chi connectivity index (χ0n) is 17.2. The number of nitrogens with zero attached hydrogens (tertiary/aromatic N) is 3. The highest BCUT2D eigenvalue weighted by molar-refractivity contribution is 9.09. The first-order valence-corrected chi connectivity index (χ1v) is 12.9. The van der Waals surface area contributed by atoms with Gasteiger partial charge in [-0.25, -0.2) is 9.67 Å². The van der Waals surface area contributed by atoms with Gasteiger partial charge in [0.25, 0.3) is 0 Å². The fourth-order valence-corrected chi connectivity index (χ4v) is 5.31. The Balaban J connectivity index is 1.90. The molecule has 0 aliphatic heterocycles. The van der Waals surface area contributed by atoms with Gasteiger partial charge in [-0.1, -0.05) is 107 Å². The first kappa shape index (κ1) is 22.6. The molecule has 8 heteroatoms. The van der Waals surface area contributed by atoms with Gasteiger partial charge in [0.1, 0.15) is 11.9 Å². The van der Waals surface area contributed by atoms with E-state index >= 15 is 0 Å². The molecule has 0 spiro atoms. The van der Waals surface area contributed by atoms with Crippen molar-refractivity contribution < 1.29 is 14.4 Å². The van der Waals surface area contributed by atoms with Crippen molar-refractivity contribution in [2.75, 3.05) is 6.16 Å². The number of halogens is 1. The number of rotatable bonds is 8. The molecule has 3 aromatic carbocycles. The van der Waals surface area contributed by atoms with E-state index in [1.165, 1.54) is 0 Å². The molecule has 0 saturated heterocycles. The molecule has 0 fully saturated rings. The lowest BCUT2D eigenvalue weighted by Gasteiger charge is -2.35. The van der Waals surface area contributed by atoms with Gasteiger partial charge in [0.2, 0.25) is 0 Å². The van der Waals surface area contributed by atoms with Gasteiger partial charge in [-0.3, -0.25) is 4.57 Å². The molecule has 1 atom stereocenters. The molecule has 0 saturated carbocycles. The van der Waals surface area contributed by atoms with Crippen LogP contribution >= 0.6 is 23.5 Å². The quantitative estimate of drug-likeness (QED) is 0.194. The predicted molar refractivity (Wildman–Crippen MR) is 128 cm³/mol. The van der Waals surface area contributed by atoms with Crippen LogP contribution in [0.4, 0.5) is 0 Å². The second kappa shape index (κ2) is 9.51. The van der Waals surface area contributed by atoms with Crippen molar-refractivity contribution in [3.8, 4) is 0 Å². The standard InChI is InChI=1S/C24H23BrN3O3P/c25-22(16-17-32(29,30)31)23-26-18-28(27-23)24(19-10-4-1-5-11-19,20-12-6-2-7-13-20)21-14-8-3-9-15-21/h1-15,18,22H,16-17H2,(H2,29,30,31). The van der Waals surface area contributed by atoms with E-state index < -0.39 is 13.1 Å². The van der Waals surface area contributed by atoms with Gasteiger partial charge in [-0.05, 0) is 23.1 Å². The Hall–Kier alpha value is -2.57. The molecule has 164 valence electrons. The molecule has 6 nitrogen and oxygen atoms in total. The Kier molecular flexibility index (Phi) is 6.72. The van der Waals surface area contributed by atoms with E-state index in [-0.39, 0.29) is 17.4 Å². The summed E-state index contributed by atoms with van der Waals surface area (Å²) in [6.45, 7) is 0. The van der Waals surface area contributed by atoms with Crippen molar-refractivity contribution >= 4 is 23.5 Å². The molecule has 4 aromatic rings. The molecule has 0 aliphatic rings. The predicted octanol–water partition coefficient (Wildman–Crippen LogP) is 5.12. The average Bonchev–Trinajstić information content (AvgIpc) is 3.30. The number of hydrogen-bond acceptors (Lipinski definition) is 3. The minimum absolute atomic E-state index is 0.225. The zero-order valence-corrected chi connectivity index (χ0v) is 19.7. The topological polar surface area (TPSA) is 88.2 Å². The van der Waals surface area contributed by atoms with Crippen LogP contribution in [0.2, 0.25) is 0 Å². The van der Waals surface area contributed by atoms with Crippen LogP contribution in [0.3, 0.4) is 0 Å². The van der Waals surface area contributed by atoms with E-state index in [2.05, 4.69) is 57.3 Å². The minimum Gasteiger partial charge on any atom is -0.324 e. The summed E-state index contributed by atoms with van der Waals surface area (Å²) in [5, 5.41) is 4.82. The van der Waals surface area contributed by atoms with Gasteiger partial charge in [0.05, 0.1) is 11.0 Å². The van der Waals surface area contributed by atoms with Gasteiger partial charge in [0.15, 0.2) is 5.82 Å². The summed E-state index contributed by atoms with van der Waals surface area (Å²) in [6, 6.07) is 30.4. The minimum atomic E-state index is -4.10. The lowest BCUT2D eigenvalue weighted by Crippen LogP contribution is -2.38. The Morgan fingerprint density at radius 3 is 1.69 bits per heavy atom. The second-order valence-corrected chi connectivity index (χ2v) is 10.4. The summed E-state index contributed by atoms with van der Waals surface area (Å²) >= 11 is 3.51. The molecular weight excluding hydrogens is 489 g/mol. The van der Waals surface area contributed by atoms with E-state index in [0.717, 1.165) is 16.7 Å². The lowest BCUT2D eigenvalue weighted by molar-refractivity contribution is 0.371. The number of hydrogen-bond donors (Lipinski definition) is 2. The monoisotopic (exact) mass is 511 g/mol. The van der Waals surface area contributed by atoms with Crippen LogP contribution in [0.25, 0.3) is 0 Å². The third kappa shape index (κ3) is 4.62. The second-order valence-electron chi connectivity index (χ2n) is 7.50. The van der Waals surface area contributed by atoms with E-state index in [1.54, 1.807) is 6.33 Å². The van der Waals surface area contributed by atoms with Gasteiger partial charge in [-0.2, -0.15) is 5.10 Å². The number of benzene rings is 3. The molecule has 1 aromatic heterocycles. The highest BCUT2D eigenvalue weighted by atomic mass is 79.9. The summed E-state index contributed by atoms with van der Waals surface area (Å²) in [7, 11) is -4.10. The smallest absolute Gasteiger partial charge is 0.324 e. The Labute approximate surface area is 195 Å². The van der Waals surface area contributed by atoms with Gasteiger partial charge >= 0.3 is 7.60 Å². The van der Waals surface area contributed by atoms with Crippen molar-refractivity contribution in [1.29, 1.82) is 0 Å². The fourth-order valence-electron chi connectivity index (χ4n) is 3.93. The van der Waals surface area contributed by atoms with Gasteiger partial charge < -0.3 is 9.79 Å². The first-order chi connectivity index (χ1) is 15.4. The molecule has 1 heterocycles. The molecule has 0 aliphatic carbocycles. The van der Waals surface area contributed by atoms with E-state index in [1.807, 2.05) is 59.3 Å². The molecule has 2 N–H and O–H groups in total. The number of alkyl halides is 1. The summed E-state index contributed by atoms with van der Waals surface area (Å²) < 4.78 is 13.2. The number of aromatic nitrogens is 3. The van der Waals surface area contributed by atoms with Gasteiger partial charge in [-0.15, -0.1) is 0 Å². The summed E-state index contributed by atoms with van der Waals surface area (Å²) in [5.41, 5.74) is 2.30. The van der Waals surface area contributed by atoms with Crippen LogP contribution < -0.4 is 0 Å². The highest BCUT2D eigenvalue weighted by Crippen LogP contribution is 2.42. The maximum absolute atomic E-state index is 11.3. The van der Waals surface area contributed by atoms with Crippen molar-refractivity contribution in [2.24, 2.45) is 0 Å². The van der Waals surface area contributed by atoms with Crippen LogP contribution in [-0.4, -0.2) is 30.7 Å². The Morgan fingerprint density at radius 2 is 1.28 bits per heavy atom. The van der Waals surface area contributed by atoms with E-state index in [4.69, 9.17) is 5.10 Å². The highest BCUT2D eigenvalue weighted by Gasteiger charge is 2.40. The van der Waals surface area contributed by atoms with Crippen molar-refractivity contribution in [1.82, 2.24) is 14.8 Å². The van der Waals surface area contributed by atoms with Crippen LogP contribution in [0, 0.1) is 0 Å². The molecule has 0 bridgehead atoms. The average molecular weight is 512 g/mol. The normalized spacial score (nSPS) is 13.1. The zero-order chi connectivity index (χ0) is 22.6. The van der Waals surface area contributed by atoms with Crippen LogP contribution in [0.1, 0.15) is 33.8 Å². The van der Waals surface area contributed by atoms with Crippen molar-refractivity contribution in [3.63, 3.8) is 0 Å². The maximum atomic E-state index is 11.3. The van der Waals surface area contributed by atoms with Crippen LogP contribution in [0.5, 0.6) is 0 Å². The molecule has 32 heavy (non-hydrogen) atoms. The molecule has 0 radical (unpaired) electrons. The third-order valence-electron chi connectivity index (χ3n) is 5.38. The van der Waals surface area contributed by atoms with Crippen LogP contribution in [-0.2, 0) is 10.1 Å². The Bertz CT molecular complexity index is 1100. The fraction of sp³-hybridized carbons (Fsp3) is 0.167. The van der Waals surface area contributed by atoms with Gasteiger partial charge in [0, 0.05) is 0 Å². The molecule has 4 rings (SSSR count). The third-order valence-corrected chi connectivity index (χ3v) is 7.09. The largest absolute Gasteiger partial charge is 0.325 e. The maximum Gasteiger partial charge on any atom is 0.325 e. The van der Waals surface area contributed by atoms with Crippen molar-refractivity contribution in [3.05, 3.63) is 120 Å². The molecule has 0 amide bonds. The van der Waals surface area contributed by atoms with Crippen LogP contribution in [0.15, 0.2) is 97.3 Å². The molecule has 1 unspecified atom stereocenters. The molecular formula is C24H23BrN3O3P. The summed E-state index contributed by atoms with van der Waals surface area (Å²) in [6.07, 6.45) is 1.68. The Morgan fingerprint density at radius 1 is 0.844 bits per heavy atom. The first-order valence-electron chi connectivity index (χ1n) is 10.2. The summed E-state index contributed by atoms with van der Waals surface area (Å²) in [4.78, 5) is 22.6.